The number of pyridine rings is 1. The normalized spacial score (nSPS) is 14.6. The van der Waals surface area contributed by atoms with Crippen molar-refractivity contribution in [1.82, 2.24) is 33.8 Å². The number of allylic oxidation sites excluding steroid dienone is 1. The maximum atomic E-state index is 13.4. The summed E-state index contributed by atoms with van der Waals surface area (Å²) < 4.78 is 5.19. The highest BCUT2D eigenvalue weighted by molar-refractivity contribution is 5.96. The molecular formula is C31H37N9O3. The first-order valence-corrected chi connectivity index (χ1v) is 14.4. The Labute approximate surface area is 249 Å². The van der Waals surface area contributed by atoms with E-state index in [0.717, 1.165) is 48.5 Å². The van der Waals surface area contributed by atoms with Crippen molar-refractivity contribution in [3.05, 3.63) is 77.5 Å². The van der Waals surface area contributed by atoms with Gasteiger partial charge in [0.05, 0.1) is 24.4 Å². The van der Waals surface area contributed by atoms with Crippen molar-refractivity contribution in [2.45, 2.75) is 32.5 Å². The Kier molecular flexibility index (Phi) is 7.50. The van der Waals surface area contributed by atoms with Gasteiger partial charge in [0.1, 0.15) is 11.0 Å². The topological polar surface area (TPSA) is 130 Å². The average molecular weight is 584 g/mol. The van der Waals surface area contributed by atoms with Crippen LogP contribution in [0.2, 0.25) is 0 Å². The lowest BCUT2D eigenvalue weighted by molar-refractivity contribution is 0.0738. The number of piperazine rings is 1. The fourth-order valence-corrected chi connectivity index (χ4v) is 5.58. The van der Waals surface area contributed by atoms with Gasteiger partial charge in [-0.1, -0.05) is 12.1 Å². The minimum Gasteiger partial charge on any atom is -0.395 e. The second-order valence-corrected chi connectivity index (χ2v) is 11.4. The second kappa shape index (κ2) is 11.3. The fraction of sp³-hybridized carbons (Fsp3) is 0.355. The minimum atomic E-state index is -1.17. The number of nitrogens with one attached hydrogen (secondary N) is 1. The van der Waals surface area contributed by atoms with Gasteiger partial charge in [0.15, 0.2) is 11.5 Å². The van der Waals surface area contributed by atoms with Crippen LogP contribution in [0.3, 0.4) is 0 Å². The lowest BCUT2D eigenvalue weighted by atomic mass is 10.1. The highest BCUT2D eigenvalue weighted by atomic mass is 16.3. The summed E-state index contributed by atoms with van der Waals surface area (Å²) in [5.74, 6) is 0.762. The molecule has 224 valence electrons. The molecule has 5 heterocycles. The second-order valence-electron chi connectivity index (χ2n) is 11.4. The van der Waals surface area contributed by atoms with E-state index in [9.17, 15) is 15.0 Å². The quantitative estimate of drug-likeness (QED) is 0.224. The van der Waals surface area contributed by atoms with Gasteiger partial charge in [-0.3, -0.25) is 4.79 Å². The van der Waals surface area contributed by atoms with Gasteiger partial charge >= 0.3 is 0 Å². The number of likely N-dealkylation sites (N-methyl/N-ethyl adjacent to an activating group) is 1. The molecule has 0 atom stereocenters. The van der Waals surface area contributed by atoms with E-state index in [4.69, 9.17) is 4.98 Å². The molecule has 1 aliphatic rings. The van der Waals surface area contributed by atoms with Crippen LogP contribution in [0.15, 0.2) is 66.2 Å². The molecule has 6 rings (SSSR count). The molecule has 1 aliphatic heterocycles. The van der Waals surface area contributed by atoms with E-state index in [1.54, 1.807) is 42.8 Å². The number of hydrogen-bond acceptors (Lipinski definition) is 9. The van der Waals surface area contributed by atoms with E-state index in [-0.39, 0.29) is 18.7 Å². The van der Waals surface area contributed by atoms with Crippen LogP contribution in [-0.2, 0) is 18.7 Å². The molecule has 5 aromatic rings. The third-order valence-corrected chi connectivity index (χ3v) is 7.86. The zero-order valence-electron chi connectivity index (χ0n) is 24.7. The Bertz CT molecular complexity index is 1860. The van der Waals surface area contributed by atoms with Crippen molar-refractivity contribution >= 4 is 39.3 Å². The molecule has 43 heavy (non-hydrogen) atoms. The summed E-state index contributed by atoms with van der Waals surface area (Å²) in [5, 5.41) is 25.1. The van der Waals surface area contributed by atoms with Crippen LogP contribution in [0, 0.1) is 0 Å². The minimum absolute atomic E-state index is 0.0347. The van der Waals surface area contributed by atoms with Crippen molar-refractivity contribution in [1.29, 1.82) is 0 Å². The Hall–Kier alpha value is -4.52. The van der Waals surface area contributed by atoms with Gasteiger partial charge in [0.25, 0.3) is 5.56 Å². The summed E-state index contributed by atoms with van der Waals surface area (Å²) in [5.41, 5.74) is 2.31. The molecule has 1 aromatic carbocycles. The number of benzene rings is 1. The van der Waals surface area contributed by atoms with Gasteiger partial charge in [0, 0.05) is 61.9 Å². The van der Waals surface area contributed by atoms with Crippen molar-refractivity contribution < 1.29 is 10.2 Å². The molecule has 1 fully saturated rings. The SMILES string of the molecule is C=CCn1c(=O)c2cnc(Nc3cc(N4CCN(C)CC4)c4ccn(CCO)c4c3)nc2n1-c1cccc(C(C)(C)O)n1. The molecule has 3 N–H and O–H groups in total. The van der Waals surface area contributed by atoms with Crippen LogP contribution in [0.1, 0.15) is 19.5 Å². The molecule has 4 aromatic heterocycles. The summed E-state index contributed by atoms with van der Waals surface area (Å²) in [7, 11) is 2.13. The average Bonchev–Trinajstić information content (AvgIpc) is 3.51. The third-order valence-electron chi connectivity index (χ3n) is 7.86. The number of nitrogens with zero attached hydrogens (tertiary/aromatic N) is 8. The predicted octanol–water partition coefficient (Wildman–Crippen LogP) is 2.83. The monoisotopic (exact) mass is 583 g/mol. The molecule has 0 amide bonds. The van der Waals surface area contributed by atoms with Crippen molar-refractivity contribution in [3.8, 4) is 5.82 Å². The summed E-state index contributed by atoms with van der Waals surface area (Å²) >= 11 is 0. The Balaban J connectivity index is 1.46. The molecular weight excluding hydrogens is 546 g/mol. The fourth-order valence-electron chi connectivity index (χ4n) is 5.58. The highest BCUT2D eigenvalue weighted by Gasteiger charge is 2.23. The smallest absolute Gasteiger partial charge is 0.278 e. The highest BCUT2D eigenvalue weighted by Crippen LogP contribution is 2.34. The van der Waals surface area contributed by atoms with Crippen molar-refractivity contribution in [2.75, 3.05) is 50.1 Å². The van der Waals surface area contributed by atoms with Gasteiger partial charge < -0.3 is 29.9 Å². The number of anilines is 3. The number of aliphatic hydroxyl groups is 2. The predicted molar refractivity (Wildman–Crippen MR) is 168 cm³/mol. The molecule has 12 nitrogen and oxygen atoms in total. The Morgan fingerprint density at radius 1 is 1.09 bits per heavy atom. The van der Waals surface area contributed by atoms with Crippen LogP contribution >= 0.6 is 0 Å². The molecule has 0 radical (unpaired) electrons. The molecule has 0 aliphatic carbocycles. The molecule has 0 bridgehead atoms. The standard InChI is InChI=1S/C31H37N9O3/c1-5-10-39-29(42)23-20-32-30(35-28(23)40(39)27-8-6-7-26(34-27)31(2,3)43)33-21-18-24-22(9-11-37(24)16-17-41)25(19-21)38-14-12-36(4)13-15-38/h5-9,11,18-20,41,43H,1,10,12-17H2,2-4H3,(H,32,33,35). The Morgan fingerprint density at radius 3 is 2.60 bits per heavy atom. The van der Waals surface area contributed by atoms with E-state index < -0.39 is 5.60 Å². The molecule has 0 unspecified atom stereocenters. The van der Waals surface area contributed by atoms with Crippen LogP contribution in [-0.4, -0.2) is 83.8 Å². The summed E-state index contributed by atoms with van der Waals surface area (Å²) in [6, 6.07) is 11.5. The molecule has 0 spiro atoms. The van der Waals surface area contributed by atoms with E-state index >= 15 is 0 Å². The number of aromatic nitrogens is 6. The first-order valence-electron chi connectivity index (χ1n) is 14.4. The summed E-state index contributed by atoms with van der Waals surface area (Å²) in [4.78, 5) is 32.1. The number of rotatable bonds is 9. The van der Waals surface area contributed by atoms with Gasteiger partial charge in [-0.2, -0.15) is 4.98 Å². The van der Waals surface area contributed by atoms with E-state index in [1.165, 1.54) is 10.9 Å². The number of aliphatic hydroxyl groups excluding tert-OH is 1. The number of fused-ring (bicyclic) bond motifs is 2. The molecule has 1 saturated heterocycles. The lowest BCUT2D eigenvalue weighted by Gasteiger charge is -2.34. The maximum Gasteiger partial charge on any atom is 0.278 e. The van der Waals surface area contributed by atoms with Crippen LogP contribution in [0.4, 0.5) is 17.3 Å². The zero-order valence-corrected chi connectivity index (χ0v) is 24.7. The number of hydrogen-bond donors (Lipinski definition) is 3. The summed E-state index contributed by atoms with van der Waals surface area (Å²) in [6.45, 7) is 11.7. The third kappa shape index (κ3) is 5.40. The van der Waals surface area contributed by atoms with Gasteiger partial charge in [-0.05, 0) is 51.2 Å². The molecule has 0 saturated carbocycles. The van der Waals surface area contributed by atoms with E-state index in [2.05, 4.69) is 50.8 Å². The van der Waals surface area contributed by atoms with Crippen LogP contribution in [0.25, 0.3) is 27.8 Å². The maximum absolute atomic E-state index is 13.4. The van der Waals surface area contributed by atoms with Gasteiger partial charge in [-0.25, -0.2) is 19.3 Å². The van der Waals surface area contributed by atoms with E-state index in [0.29, 0.717) is 35.0 Å². The van der Waals surface area contributed by atoms with E-state index in [1.807, 2.05) is 16.8 Å². The Morgan fingerprint density at radius 2 is 1.88 bits per heavy atom. The van der Waals surface area contributed by atoms with Crippen LogP contribution in [0.5, 0.6) is 0 Å². The van der Waals surface area contributed by atoms with Gasteiger partial charge in [-0.15, -0.1) is 6.58 Å². The van der Waals surface area contributed by atoms with Crippen molar-refractivity contribution in [3.63, 3.8) is 0 Å². The molecule has 12 heteroatoms. The van der Waals surface area contributed by atoms with Crippen LogP contribution < -0.4 is 15.8 Å². The first kappa shape index (κ1) is 28.6. The zero-order chi connectivity index (χ0) is 30.3. The largest absolute Gasteiger partial charge is 0.395 e. The lowest BCUT2D eigenvalue weighted by Crippen LogP contribution is -2.44. The van der Waals surface area contributed by atoms with Gasteiger partial charge in [0.2, 0.25) is 5.95 Å². The van der Waals surface area contributed by atoms with Crippen molar-refractivity contribution in [2.24, 2.45) is 0 Å². The first-order chi connectivity index (χ1) is 20.7. The summed E-state index contributed by atoms with van der Waals surface area (Å²) in [6.07, 6.45) is 5.17.